The highest BCUT2D eigenvalue weighted by atomic mass is 32.1. The topological polar surface area (TPSA) is 34.0 Å². The fourth-order valence-corrected chi connectivity index (χ4v) is 12.6. The van der Waals surface area contributed by atoms with Crippen LogP contribution in [-0.4, -0.2) is 20.1 Å². The molecule has 0 amide bonds. The van der Waals surface area contributed by atoms with Crippen LogP contribution in [0.5, 0.6) is 0 Å². The first kappa shape index (κ1) is 38.1. The van der Waals surface area contributed by atoms with Crippen LogP contribution >= 0.6 is 11.3 Å². The van der Waals surface area contributed by atoms with Gasteiger partial charge in [0.1, 0.15) is 0 Å². The SMILES string of the molecule is CC12CCCCC1(C)N(c1ccc(-c3ccc(-n4c5ccccc5c5cc6c(cc54)sc4ccccc46)cc3)cc1)c1ccc(-c3nc(-c4ccccc4)cc(-c4ccccc4)n3)cc12. The summed E-state index contributed by atoms with van der Waals surface area (Å²) in [7, 11) is 0. The predicted molar refractivity (Wildman–Crippen MR) is 274 cm³/mol. The third-order valence-corrected chi connectivity index (χ3v) is 16.1. The Hall–Kier alpha value is -7.34. The van der Waals surface area contributed by atoms with Crippen LogP contribution in [0.1, 0.15) is 45.1 Å². The van der Waals surface area contributed by atoms with Gasteiger partial charge in [0.05, 0.1) is 28.0 Å². The van der Waals surface area contributed by atoms with Gasteiger partial charge in [-0.1, -0.05) is 141 Å². The van der Waals surface area contributed by atoms with Crippen molar-refractivity contribution < 1.29 is 0 Å². The summed E-state index contributed by atoms with van der Waals surface area (Å²) in [5, 5.41) is 5.24. The van der Waals surface area contributed by atoms with Crippen LogP contribution in [0.4, 0.5) is 11.4 Å². The quantitative estimate of drug-likeness (QED) is 0.167. The van der Waals surface area contributed by atoms with E-state index in [1.807, 2.05) is 11.3 Å². The zero-order valence-corrected chi connectivity index (χ0v) is 37.3. The Morgan fingerprint density at radius 3 is 1.75 bits per heavy atom. The van der Waals surface area contributed by atoms with Crippen molar-refractivity contribution in [2.45, 2.75) is 50.5 Å². The molecule has 65 heavy (non-hydrogen) atoms. The number of anilines is 2. The second-order valence-electron chi connectivity index (χ2n) is 18.5. The zero-order valence-electron chi connectivity index (χ0n) is 36.5. The molecule has 0 N–H and O–H groups in total. The molecule has 0 saturated heterocycles. The average Bonchev–Trinajstić information content (AvgIpc) is 3.96. The molecule has 11 aromatic rings. The van der Waals surface area contributed by atoms with Gasteiger partial charge >= 0.3 is 0 Å². The number of hydrogen-bond acceptors (Lipinski definition) is 4. The molecular formula is C60H46N4S. The van der Waals surface area contributed by atoms with Crippen LogP contribution in [0, 0.1) is 0 Å². The molecule has 0 radical (unpaired) electrons. The summed E-state index contributed by atoms with van der Waals surface area (Å²) in [5.74, 6) is 0.759. The molecule has 1 fully saturated rings. The van der Waals surface area contributed by atoms with Crippen LogP contribution in [0.2, 0.25) is 0 Å². The molecule has 4 nitrogen and oxygen atoms in total. The van der Waals surface area contributed by atoms with E-state index in [1.54, 1.807) is 0 Å². The number of rotatable bonds is 6. The lowest BCUT2D eigenvalue weighted by atomic mass is 9.61. The Morgan fingerprint density at radius 1 is 0.446 bits per heavy atom. The van der Waals surface area contributed by atoms with Crippen molar-refractivity contribution in [3.8, 4) is 50.7 Å². The van der Waals surface area contributed by atoms with E-state index >= 15 is 0 Å². The predicted octanol–water partition coefficient (Wildman–Crippen LogP) is 16.4. The van der Waals surface area contributed by atoms with Crippen LogP contribution in [-0.2, 0) is 5.41 Å². The molecule has 0 bridgehead atoms. The van der Waals surface area contributed by atoms with Gasteiger partial charge in [0.2, 0.25) is 0 Å². The van der Waals surface area contributed by atoms with Crippen LogP contribution in [0.15, 0.2) is 194 Å². The molecule has 4 heterocycles. The molecule has 3 aromatic heterocycles. The summed E-state index contributed by atoms with van der Waals surface area (Å²) in [5.41, 5.74) is 15.0. The lowest BCUT2D eigenvalue weighted by molar-refractivity contribution is 0.195. The Kier molecular flexibility index (Phi) is 8.57. The zero-order chi connectivity index (χ0) is 43.3. The molecule has 0 spiro atoms. The molecule has 1 aliphatic carbocycles. The van der Waals surface area contributed by atoms with E-state index in [1.165, 1.54) is 88.6 Å². The minimum Gasteiger partial charge on any atom is -0.334 e. The molecule has 1 saturated carbocycles. The van der Waals surface area contributed by atoms with Gasteiger partial charge in [0.25, 0.3) is 0 Å². The highest BCUT2D eigenvalue weighted by Crippen LogP contribution is 2.61. The maximum absolute atomic E-state index is 5.22. The standard InChI is InChI=1S/C60H46N4S/c1-59-33-13-14-34-60(59,2)64(54-32-27-43(35-50(54)59)58-61-51(41-15-5-3-6-16-41)37-52(62-58)42-17-7-4-8-18-42)45-30-25-40(26-31-45)39-23-28-44(29-24-39)63-53-21-11-9-19-46(53)48-36-49-47-20-10-12-22-56(47)65-57(49)38-55(48)63/h3-12,15-32,35-38H,13-14,33-34H2,1-2H3. The molecule has 13 rings (SSSR count). The van der Waals surface area contributed by atoms with Crippen molar-refractivity contribution in [3.63, 3.8) is 0 Å². The van der Waals surface area contributed by atoms with Gasteiger partial charge < -0.3 is 9.47 Å². The van der Waals surface area contributed by atoms with Gasteiger partial charge in [-0.15, -0.1) is 11.3 Å². The third-order valence-electron chi connectivity index (χ3n) is 15.0. The molecule has 1 aliphatic heterocycles. The lowest BCUT2D eigenvalue weighted by Crippen LogP contribution is -2.54. The van der Waals surface area contributed by atoms with E-state index < -0.39 is 0 Å². The molecule has 2 unspecified atom stereocenters. The van der Waals surface area contributed by atoms with E-state index in [4.69, 9.17) is 9.97 Å². The first-order chi connectivity index (χ1) is 31.9. The van der Waals surface area contributed by atoms with Crippen LogP contribution < -0.4 is 4.90 Å². The molecule has 2 atom stereocenters. The summed E-state index contributed by atoms with van der Waals surface area (Å²) in [6, 6.07) is 70.9. The smallest absolute Gasteiger partial charge is 0.160 e. The first-order valence-electron chi connectivity index (χ1n) is 22.9. The van der Waals surface area contributed by atoms with Gasteiger partial charge in [-0.25, -0.2) is 9.97 Å². The Morgan fingerprint density at radius 2 is 1.05 bits per heavy atom. The summed E-state index contributed by atoms with van der Waals surface area (Å²) in [6.45, 7) is 5.00. The number of benzene rings is 8. The molecule has 5 heteroatoms. The van der Waals surface area contributed by atoms with Crippen molar-refractivity contribution in [3.05, 3.63) is 200 Å². The van der Waals surface area contributed by atoms with Crippen molar-refractivity contribution in [1.82, 2.24) is 14.5 Å². The van der Waals surface area contributed by atoms with Crippen molar-refractivity contribution >= 4 is 64.7 Å². The maximum Gasteiger partial charge on any atom is 0.160 e. The number of hydrogen-bond donors (Lipinski definition) is 0. The lowest BCUT2D eigenvalue weighted by Gasteiger charge is -2.50. The third kappa shape index (κ3) is 5.88. The Labute approximate surface area is 383 Å². The van der Waals surface area contributed by atoms with E-state index in [0.29, 0.717) is 0 Å². The summed E-state index contributed by atoms with van der Waals surface area (Å²) in [4.78, 5) is 13.1. The number of nitrogens with zero attached hydrogens (tertiary/aromatic N) is 4. The molecule has 312 valence electrons. The van der Waals surface area contributed by atoms with Crippen molar-refractivity contribution in [2.75, 3.05) is 4.90 Å². The molecule has 8 aromatic carbocycles. The van der Waals surface area contributed by atoms with Crippen LogP contribution in [0.3, 0.4) is 0 Å². The van der Waals surface area contributed by atoms with Gasteiger partial charge in [-0.3, -0.25) is 0 Å². The van der Waals surface area contributed by atoms with E-state index in [-0.39, 0.29) is 11.0 Å². The highest BCUT2D eigenvalue weighted by molar-refractivity contribution is 7.25. The number of aromatic nitrogens is 3. The highest BCUT2D eigenvalue weighted by Gasteiger charge is 2.57. The maximum atomic E-state index is 5.22. The fourth-order valence-electron chi connectivity index (χ4n) is 11.4. The Bertz CT molecular complexity index is 3570. The summed E-state index contributed by atoms with van der Waals surface area (Å²) >= 11 is 1.88. The molecular weight excluding hydrogens is 809 g/mol. The summed E-state index contributed by atoms with van der Waals surface area (Å²) < 4.78 is 5.09. The van der Waals surface area contributed by atoms with E-state index in [0.717, 1.165) is 46.7 Å². The van der Waals surface area contributed by atoms with Crippen molar-refractivity contribution in [2.24, 2.45) is 0 Å². The Balaban J connectivity index is 0.858. The van der Waals surface area contributed by atoms with Gasteiger partial charge in [-0.2, -0.15) is 0 Å². The van der Waals surface area contributed by atoms with E-state index in [2.05, 4.69) is 217 Å². The first-order valence-corrected chi connectivity index (χ1v) is 23.8. The number of para-hydroxylation sites is 1. The van der Waals surface area contributed by atoms with Crippen LogP contribution in [0.25, 0.3) is 92.7 Å². The fraction of sp³-hybridized carbons (Fsp3) is 0.133. The molecule has 2 aliphatic rings. The van der Waals surface area contributed by atoms with Crippen molar-refractivity contribution in [1.29, 1.82) is 0 Å². The second kappa shape index (κ2) is 14.6. The van der Waals surface area contributed by atoms with Gasteiger partial charge in [-0.05, 0) is 109 Å². The largest absolute Gasteiger partial charge is 0.334 e. The van der Waals surface area contributed by atoms with Gasteiger partial charge in [0.15, 0.2) is 5.82 Å². The average molecular weight is 855 g/mol. The minimum atomic E-state index is -0.0823. The second-order valence-corrected chi connectivity index (χ2v) is 19.6. The monoisotopic (exact) mass is 854 g/mol. The normalized spacial score (nSPS) is 18.2. The summed E-state index contributed by atoms with van der Waals surface area (Å²) in [6.07, 6.45) is 4.71. The number of thiophene rings is 1. The minimum absolute atomic E-state index is 0.0417. The van der Waals surface area contributed by atoms with E-state index in [9.17, 15) is 0 Å². The van der Waals surface area contributed by atoms with Gasteiger partial charge in [0, 0.05) is 70.1 Å². The number of fused-ring (bicyclic) bond motifs is 9.